The summed E-state index contributed by atoms with van der Waals surface area (Å²) in [6.45, 7) is 9.58. The van der Waals surface area contributed by atoms with Crippen molar-refractivity contribution in [1.29, 1.82) is 0 Å². The summed E-state index contributed by atoms with van der Waals surface area (Å²) < 4.78 is 0. The zero-order valence-corrected chi connectivity index (χ0v) is 7.72. The molecule has 1 fully saturated rings. The van der Waals surface area contributed by atoms with E-state index in [1.54, 1.807) is 0 Å². The van der Waals surface area contributed by atoms with Gasteiger partial charge in [0.1, 0.15) is 0 Å². The fraction of sp³-hybridized carbons (Fsp3) is 1.00. The number of hydrogen-bond acceptors (Lipinski definition) is 0. The van der Waals surface area contributed by atoms with Crippen LogP contribution in [0.4, 0.5) is 0 Å². The molecule has 10 heavy (non-hydrogen) atoms. The Morgan fingerprint density at radius 2 is 0.800 bits per heavy atom. The van der Waals surface area contributed by atoms with Crippen molar-refractivity contribution < 1.29 is 0 Å². The highest BCUT2D eigenvalue weighted by molar-refractivity contribution is 4.77. The van der Waals surface area contributed by atoms with Crippen LogP contribution < -0.4 is 0 Å². The maximum Gasteiger partial charge on any atom is -0.0414 e. The molecule has 0 heteroatoms. The average Bonchev–Trinajstić information content (AvgIpc) is 1.84. The standard InChI is InChI=1S/C10H20/c1-7-5-9(3)10(4)6-8(7)2/h7-10H,5-6H2,1-4H3/t7-,8-,9-,10-/m0/s1. The van der Waals surface area contributed by atoms with Crippen molar-refractivity contribution in [3.63, 3.8) is 0 Å². The topological polar surface area (TPSA) is 0 Å². The van der Waals surface area contributed by atoms with Gasteiger partial charge in [0, 0.05) is 0 Å². The minimum atomic E-state index is 0.964. The molecule has 0 aliphatic heterocycles. The maximum atomic E-state index is 2.40. The Kier molecular flexibility index (Phi) is 2.38. The van der Waals surface area contributed by atoms with Crippen molar-refractivity contribution in [2.24, 2.45) is 23.7 Å². The molecular formula is C10H20. The smallest absolute Gasteiger partial charge is 0.0414 e. The summed E-state index contributed by atoms with van der Waals surface area (Å²) >= 11 is 0. The minimum Gasteiger partial charge on any atom is -0.0622 e. The molecule has 0 N–H and O–H groups in total. The Bertz CT molecular complexity index is 80.6. The van der Waals surface area contributed by atoms with Crippen LogP contribution in [0, 0.1) is 23.7 Å². The van der Waals surface area contributed by atoms with Crippen LogP contribution in [0.3, 0.4) is 0 Å². The van der Waals surface area contributed by atoms with Crippen LogP contribution in [-0.2, 0) is 0 Å². The third-order valence-corrected chi connectivity index (χ3v) is 3.43. The van der Waals surface area contributed by atoms with Crippen LogP contribution >= 0.6 is 0 Å². The second kappa shape index (κ2) is 2.94. The fourth-order valence-corrected chi connectivity index (χ4v) is 2.10. The lowest BCUT2D eigenvalue weighted by Gasteiger charge is -2.35. The van der Waals surface area contributed by atoms with E-state index in [-0.39, 0.29) is 0 Å². The Balaban J connectivity index is 2.46. The molecule has 0 aromatic heterocycles. The van der Waals surface area contributed by atoms with Crippen molar-refractivity contribution in [1.82, 2.24) is 0 Å². The largest absolute Gasteiger partial charge is 0.0622 e. The van der Waals surface area contributed by atoms with Crippen molar-refractivity contribution >= 4 is 0 Å². The molecule has 0 heterocycles. The molecule has 1 aliphatic rings. The SMILES string of the molecule is C[C@H]1C[C@H](C)[C@@H](C)C[C@@H]1C. The Morgan fingerprint density at radius 1 is 0.600 bits per heavy atom. The first-order valence-electron chi connectivity index (χ1n) is 4.61. The Morgan fingerprint density at radius 3 is 1.00 bits per heavy atom. The molecule has 1 saturated carbocycles. The van der Waals surface area contributed by atoms with E-state index in [1.165, 1.54) is 12.8 Å². The highest BCUT2D eigenvalue weighted by Crippen LogP contribution is 2.36. The summed E-state index contributed by atoms with van der Waals surface area (Å²) in [4.78, 5) is 0. The quantitative estimate of drug-likeness (QED) is 0.484. The summed E-state index contributed by atoms with van der Waals surface area (Å²) in [7, 11) is 0. The van der Waals surface area contributed by atoms with Crippen LogP contribution in [0.5, 0.6) is 0 Å². The summed E-state index contributed by atoms with van der Waals surface area (Å²) in [5.74, 6) is 3.86. The molecule has 1 aliphatic carbocycles. The third-order valence-electron chi connectivity index (χ3n) is 3.43. The van der Waals surface area contributed by atoms with Crippen molar-refractivity contribution in [3.8, 4) is 0 Å². The normalized spacial score (nSPS) is 49.2. The highest BCUT2D eigenvalue weighted by atomic mass is 14.3. The second-order valence-corrected chi connectivity index (χ2v) is 4.38. The van der Waals surface area contributed by atoms with E-state index in [2.05, 4.69) is 27.7 Å². The molecular weight excluding hydrogens is 120 g/mol. The maximum absolute atomic E-state index is 2.40. The summed E-state index contributed by atoms with van der Waals surface area (Å²) in [5, 5.41) is 0. The second-order valence-electron chi connectivity index (χ2n) is 4.38. The molecule has 0 saturated heterocycles. The summed E-state index contributed by atoms with van der Waals surface area (Å²) in [5.41, 5.74) is 0. The molecule has 1 rings (SSSR count). The van der Waals surface area contributed by atoms with Crippen LogP contribution in [0.1, 0.15) is 40.5 Å². The molecule has 0 aromatic carbocycles. The summed E-state index contributed by atoms with van der Waals surface area (Å²) in [6, 6.07) is 0. The molecule has 0 spiro atoms. The monoisotopic (exact) mass is 140 g/mol. The van der Waals surface area contributed by atoms with Crippen LogP contribution in [-0.4, -0.2) is 0 Å². The average molecular weight is 140 g/mol. The van der Waals surface area contributed by atoms with Gasteiger partial charge in [-0.2, -0.15) is 0 Å². The van der Waals surface area contributed by atoms with E-state index >= 15 is 0 Å². The van der Waals surface area contributed by atoms with Gasteiger partial charge in [0.05, 0.1) is 0 Å². The van der Waals surface area contributed by atoms with E-state index in [1.807, 2.05) is 0 Å². The lowest BCUT2D eigenvalue weighted by Crippen LogP contribution is -2.25. The molecule has 0 aromatic rings. The van der Waals surface area contributed by atoms with Gasteiger partial charge in [0.2, 0.25) is 0 Å². The van der Waals surface area contributed by atoms with Crippen LogP contribution in [0.2, 0.25) is 0 Å². The van der Waals surface area contributed by atoms with Crippen LogP contribution in [0.15, 0.2) is 0 Å². The lowest BCUT2D eigenvalue weighted by molar-refractivity contribution is 0.157. The van der Waals surface area contributed by atoms with Crippen molar-refractivity contribution in [2.75, 3.05) is 0 Å². The number of rotatable bonds is 0. The first-order valence-corrected chi connectivity index (χ1v) is 4.61. The molecule has 0 radical (unpaired) electrons. The zero-order chi connectivity index (χ0) is 7.72. The van der Waals surface area contributed by atoms with E-state index < -0.39 is 0 Å². The van der Waals surface area contributed by atoms with Crippen LogP contribution in [0.25, 0.3) is 0 Å². The van der Waals surface area contributed by atoms with Gasteiger partial charge < -0.3 is 0 Å². The number of hydrogen-bond donors (Lipinski definition) is 0. The molecule has 4 atom stereocenters. The predicted molar refractivity (Wildman–Crippen MR) is 45.9 cm³/mol. The lowest BCUT2D eigenvalue weighted by atomic mass is 9.71. The first kappa shape index (κ1) is 8.10. The van der Waals surface area contributed by atoms with Gasteiger partial charge in [-0.25, -0.2) is 0 Å². The van der Waals surface area contributed by atoms with Crippen molar-refractivity contribution in [2.45, 2.75) is 40.5 Å². The predicted octanol–water partition coefficient (Wildman–Crippen LogP) is 3.32. The Hall–Kier alpha value is 0. The molecule has 60 valence electrons. The van der Waals surface area contributed by atoms with Gasteiger partial charge in [-0.15, -0.1) is 0 Å². The minimum absolute atomic E-state index is 0.964. The molecule has 0 amide bonds. The zero-order valence-electron chi connectivity index (χ0n) is 7.72. The summed E-state index contributed by atoms with van der Waals surface area (Å²) in [6.07, 6.45) is 2.89. The highest BCUT2D eigenvalue weighted by Gasteiger charge is 2.26. The van der Waals surface area contributed by atoms with E-state index in [9.17, 15) is 0 Å². The van der Waals surface area contributed by atoms with Gasteiger partial charge in [0.25, 0.3) is 0 Å². The van der Waals surface area contributed by atoms with Gasteiger partial charge in [-0.05, 0) is 36.5 Å². The molecule has 0 unspecified atom stereocenters. The van der Waals surface area contributed by atoms with Gasteiger partial charge in [-0.1, -0.05) is 27.7 Å². The van der Waals surface area contributed by atoms with Gasteiger partial charge in [-0.3, -0.25) is 0 Å². The van der Waals surface area contributed by atoms with Crippen molar-refractivity contribution in [3.05, 3.63) is 0 Å². The fourth-order valence-electron chi connectivity index (χ4n) is 2.10. The Labute approximate surface area is 65.0 Å². The third kappa shape index (κ3) is 1.53. The van der Waals surface area contributed by atoms with Gasteiger partial charge >= 0.3 is 0 Å². The molecule has 0 bridgehead atoms. The van der Waals surface area contributed by atoms with E-state index in [0.29, 0.717) is 0 Å². The van der Waals surface area contributed by atoms with E-state index in [4.69, 9.17) is 0 Å². The van der Waals surface area contributed by atoms with Gasteiger partial charge in [0.15, 0.2) is 0 Å². The molecule has 0 nitrogen and oxygen atoms in total. The van der Waals surface area contributed by atoms with E-state index in [0.717, 1.165) is 23.7 Å². The first-order chi connectivity index (χ1) is 4.61.